The van der Waals surface area contributed by atoms with Crippen molar-refractivity contribution in [2.45, 2.75) is 50.9 Å². The first-order chi connectivity index (χ1) is 14.9. The van der Waals surface area contributed by atoms with Gasteiger partial charge in [-0.05, 0) is 37.5 Å². The van der Waals surface area contributed by atoms with Crippen LogP contribution in [-0.2, 0) is 12.8 Å². The van der Waals surface area contributed by atoms with Crippen molar-refractivity contribution < 1.29 is 27.2 Å². The van der Waals surface area contributed by atoms with Crippen LogP contribution in [0.4, 0.5) is 13.2 Å². The van der Waals surface area contributed by atoms with Crippen molar-refractivity contribution in [3.63, 3.8) is 0 Å². The number of benzene rings is 1. The maximum absolute atomic E-state index is 12.8. The number of hydrogen-bond acceptors (Lipinski definition) is 5. The van der Waals surface area contributed by atoms with Gasteiger partial charge >= 0.3 is 6.18 Å². The fraction of sp³-hybridized carbons (Fsp3) is 0.545. The number of carbonyl (C=O) groups excluding carboxylic acids is 1. The van der Waals surface area contributed by atoms with E-state index in [1.54, 1.807) is 4.90 Å². The zero-order valence-electron chi connectivity index (χ0n) is 17.2. The summed E-state index contributed by atoms with van der Waals surface area (Å²) in [5.41, 5.74) is -0.594. The number of aromatic nitrogens is 1. The molecule has 1 aliphatic heterocycles. The first kappa shape index (κ1) is 21.7. The summed E-state index contributed by atoms with van der Waals surface area (Å²) in [5.74, 6) is 0.157. The molecule has 1 aromatic heterocycles. The third-order valence-electron chi connectivity index (χ3n) is 5.98. The number of alkyl halides is 3. The largest absolute Gasteiger partial charge is 0.486 e. The van der Waals surface area contributed by atoms with E-state index in [1.165, 1.54) is 43.9 Å². The molecule has 0 atom stereocenters. The molecular formula is C22H26F3N3O3. The van der Waals surface area contributed by atoms with Gasteiger partial charge in [-0.25, -0.2) is 0 Å². The number of amides is 1. The molecule has 1 saturated carbocycles. The van der Waals surface area contributed by atoms with Crippen LogP contribution in [0.2, 0.25) is 0 Å². The van der Waals surface area contributed by atoms with Crippen molar-refractivity contribution in [3.05, 3.63) is 47.3 Å². The first-order valence-corrected chi connectivity index (χ1v) is 10.7. The van der Waals surface area contributed by atoms with E-state index in [1.807, 2.05) is 0 Å². The molecule has 168 valence electrons. The zero-order valence-corrected chi connectivity index (χ0v) is 17.2. The highest BCUT2D eigenvalue weighted by Crippen LogP contribution is 2.31. The Hall–Kier alpha value is -2.55. The Morgan fingerprint density at radius 3 is 2.68 bits per heavy atom. The van der Waals surface area contributed by atoms with Gasteiger partial charge in [-0.15, -0.1) is 0 Å². The smallest absolute Gasteiger partial charge is 0.416 e. The lowest BCUT2D eigenvalue weighted by molar-refractivity contribution is -0.137. The second-order valence-electron chi connectivity index (χ2n) is 8.11. The van der Waals surface area contributed by atoms with Gasteiger partial charge in [0.15, 0.2) is 11.5 Å². The molecule has 6 nitrogen and oxygen atoms in total. The normalized spacial score (nSPS) is 18.9. The molecule has 1 saturated heterocycles. The van der Waals surface area contributed by atoms with Crippen molar-refractivity contribution in [2.75, 3.05) is 26.2 Å². The van der Waals surface area contributed by atoms with Crippen molar-refractivity contribution >= 4 is 5.91 Å². The highest BCUT2D eigenvalue weighted by Gasteiger charge is 2.31. The van der Waals surface area contributed by atoms with E-state index < -0.39 is 11.7 Å². The van der Waals surface area contributed by atoms with Crippen LogP contribution >= 0.6 is 0 Å². The Morgan fingerprint density at radius 1 is 1.10 bits per heavy atom. The van der Waals surface area contributed by atoms with Crippen LogP contribution in [-0.4, -0.2) is 53.1 Å². The molecule has 9 heteroatoms. The van der Waals surface area contributed by atoms with Gasteiger partial charge in [0, 0.05) is 38.3 Å². The van der Waals surface area contributed by atoms with Crippen molar-refractivity contribution in [1.29, 1.82) is 0 Å². The second-order valence-corrected chi connectivity index (χ2v) is 8.11. The number of halogens is 3. The SMILES string of the molecule is O=C(c1cc(COc2cccc(C(F)(F)F)c2)on1)N1CCCN(C2CCCC2)CC1. The van der Waals surface area contributed by atoms with E-state index >= 15 is 0 Å². The highest BCUT2D eigenvalue weighted by molar-refractivity contribution is 5.92. The van der Waals surface area contributed by atoms with E-state index in [0.717, 1.165) is 31.6 Å². The van der Waals surface area contributed by atoms with Crippen LogP contribution in [0.25, 0.3) is 0 Å². The highest BCUT2D eigenvalue weighted by atomic mass is 19.4. The summed E-state index contributed by atoms with van der Waals surface area (Å²) in [7, 11) is 0. The Bertz CT molecular complexity index is 893. The van der Waals surface area contributed by atoms with Crippen molar-refractivity contribution in [2.24, 2.45) is 0 Å². The predicted octanol–water partition coefficient (Wildman–Crippen LogP) is 4.36. The van der Waals surface area contributed by atoms with Gasteiger partial charge < -0.3 is 14.2 Å². The van der Waals surface area contributed by atoms with Crippen LogP contribution in [0.5, 0.6) is 5.75 Å². The Morgan fingerprint density at radius 2 is 1.90 bits per heavy atom. The molecule has 1 amide bonds. The molecule has 1 aromatic carbocycles. The number of rotatable bonds is 5. The number of carbonyl (C=O) groups is 1. The maximum atomic E-state index is 12.8. The molecule has 0 bridgehead atoms. The Kier molecular flexibility index (Phi) is 6.50. The topological polar surface area (TPSA) is 58.8 Å². The Labute approximate surface area is 178 Å². The summed E-state index contributed by atoms with van der Waals surface area (Å²) in [6.07, 6.45) is 1.54. The minimum Gasteiger partial charge on any atom is -0.486 e. The molecular weight excluding hydrogens is 411 g/mol. The lowest BCUT2D eigenvalue weighted by Gasteiger charge is -2.27. The second kappa shape index (κ2) is 9.30. The lowest BCUT2D eigenvalue weighted by atomic mass is 10.2. The summed E-state index contributed by atoms with van der Waals surface area (Å²) in [4.78, 5) is 17.1. The van der Waals surface area contributed by atoms with E-state index in [9.17, 15) is 18.0 Å². The molecule has 2 aliphatic rings. The summed E-state index contributed by atoms with van der Waals surface area (Å²) in [6, 6.07) is 6.76. The van der Waals surface area contributed by atoms with Crippen LogP contribution < -0.4 is 4.74 Å². The van der Waals surface area contributed by atoms with E-state index in [2.05, 4.69) is 10.1 Å². The van der Waals surface area contributed by atoms with E-state index in [-0.39, 0.29) is 29.7 Å². The van der Waals surface area contributed by atoms with Crippen LogP contribution in [0.3, 0.4) is 0 Å². The predicted molar refractivity (Wildman–Crippen MR) is 107 cm³/mol. The quantitative estimate of drug-likeness (QED) is 0.696. The van der Waals surface area contributed by atoms with Gasteiger partial charge in [0.25, 0.3) is 5.91 Å². The first-order valence-electron chi connectivity index (χ1n) is 10.7. The average Bonchev–Trinajstić information content (AvgIpc) is 3.40. The minimum absolute atomic E-state index is 0.0682. The van der Waals surface area contributed by atoms with Crippen LogP contribution in [0.1, 0.15) is 53.9 Å². The maximum Gasteiger partial charge on any atom is 0.416 e. The van der Waals surface area contributed by atoms with Gasteiger partial charge in [-0.1, -0.05) is 24.1 Å². The molecule has 0 spiro atoms. The molecule has 4 rings (SSSR count). The number of ether oxygens (including phenoxy) is 1. The molecule has 2 aromatic rings. The summed E-state index contributed by atoms with van der Waals surface area (Å²) >= 11 is 0. The zero-order chi connectivity index (χ0) is 21.8. The van der Waals surface area contributed by atoms with E-state index in [4.69, 9.17) is 9.26 Å². The lowest BCUT2D eigenvalue weighted by Crippen LogP contribution is -2.38. The summed E-state index contributed by atoms with van der Waals surface area (Å²) in [6.45, 7) is 3.07. The molecule has 0 N–H and O–H groups in total. The van der Waals surface area contributed by atoms with Gasteiger partial charge in [-0.3, -0.25) is 9.69 Å². The van der Waals surface area contributed by atoms with Crippen LogP contribution in [0.15, 0.2) is 34.9 Å². The van der Waals surface area contributed by atoms with Crippen molar-refractivity contribution in [3.8, 4) is 5.75 Å². The average molecular weight is 437 g/mol. The van der Waals surface area contributed by atoms with Gasteiger partial charge in [-0.2, -0.15) is 13.2 Å². The standard InChI is InChI=1S/C22H26F3N3O3/c23-22(24,25)16-5-3-8-18(13-16)30-15-19-14-20(26-31-19)21(29)28-10-4-9-27(11-12-28)17-6-1-2-7-17/h3,5,8,13-14,17H,1-2,4,6-7,9-12,15H2. The number of hydrogen-bond donors (Lipinski definition) is 0. The van der Waals surface area contributed by atoms with Gasteiger partial charge in [0.2, 0.25) is 0 Å². The number of nitrogens with zero attached hydrogens (tertiary/aromatic N) is 3. The third kappa shape index (κ3) is 5.39. The van der Waals surface area contributed by atoms with Gasteiger partial charge in [0.1, 0.15) is 12.4 Å². The fourth-order valence-corrected chi connectivity index (χ4v) is 4.34. The minimum atomic E-state index is -4.44. The third-order valence-corrected chi connectivity index (χ3v) is 5.98. The van der Waals surface area contributed by atoms with E-state index in [0.29, 0.717) is 19.1 Å². The Balaban J connectivity index is 1.32. The molecule has 0 radical (unpaired) electrons. The monoisotopic (exact) mass is 437 g/mol. The summed E-state index contributed by atoms with van der Waals surface area (Å²) in [5, 5.41) is 3.85. The fourth-order valence-electron chi connectivity index (χ4n) is 4.34. The molecule has 1 aliphatic carbocycles. The summed E-state index contributed by atoms with van der Waals surface area (Å²) < 4.78 is 49.0. The molecule has 31 heavy (non-hydrogen) atoms. The van der Waals surface area contributed by atoms with Crippen molar-refractivity contribution in [1.82, 2.24) is 15.0 Å². The molecule has 2 heterocycles. The molecule has 2 fully saturated rings. The molecule has 0 unspecified atom stereocenters. The van der Waals surface area contributed by atoms with Gasteiger partial charge in [0.05, 0.1) is 5.56 Å². The van der Waals surface area contributed by atoms with Crippen LogP contribution in [0, 0.1) is 0 Å².